The first-order chi connectivity index (χ1) is 14.0. The largest absolute Gasteiger partial charge is 0.476 e. The minimum Gasteiger partial charge on any atom is -0.476 e. The standard InChI is InChI=1S/C22H24FN3O2S/c1-15-9-10-16(13-17(15)23)24-22(29)26-14-20(21(27)25-11-5-2-6-12-25)28-19-8-4-3-7-18(19)26/h3-4,7-10,13,20H,2,5-6,11-12,14H2,1H3,(H,24,29)/t20-/m1/s1. The van der Waals surface area contributed by atoms with Crippen molar-refractivity contribution >= 4 is 34.6 Å². The number of para-hydroxylation sites is 2. The second-order valence-electron chi connectivity index (χ2n) is 7.46. The van der Waals surface area contributed by atoms with E-state index >= 15 is 0 Å². The summed E-state index contributed by atoms with van der Waals surface area (Å²) < 4.78 is 19.9. The number of amides is 1. The highest BCUT2D eigenvalue weighted by Crippen LogP contribution is 2.34. The summed E-state index contributed by atoms with van der Waals surface area (Å²) >= 11 is 5.62. The van der Waals surface area contributed by atoms with Gasteiger partial charge in [-0.2, -0.15) is 0 Å². The first kappa shape index (κ1) is 19.6. The van der Waals surface area contributed by atoms with E-state index in [9.17, 15) is 9.18 Å². The van der Waals surface area contributed by atoms with Gasteiger partial charge in [0.2, 0.25) is 0 Å². The molecule has 2 aromatic carbocycles. The number of hydrogen-bond acceptors (Lipinski definition) is 3. The molecule has 1 fully saturated rings. The lowest BCUT2D eigenvalue weighted by Crippen LogP contribution is -2.53. The number of ether oxygens (including phenoxy) is 1. The zero-order chi connectivity index (χ0) is 20.4. The Balaban J connectivity index is 1.56. The Labute approximate surface area is 175 Å². The van der Waals surface area contributed by atoms with Gasteiger partial charge in [0.15, 0.2) is 11.2 Å². The highest BCUT2D eigenvalue weighted by Gasteiger charge is 2.35. The van der Waals surface area contributed by atoms with Gasteiger partial charge in [0.05, 0.1) is 12.2 Å². The first-order valence-electron chi connectivity index (χ1n) is 9.92. The van der Waals surface area contributed by atoms with E-state index in [0.29, 0.717) is 28.7 Å². The number of carbonyl (C=O) groups is 1. The van der Waals surface area contributed by atoms with Crippen LogP contribution in [0.1, 0.15) is 24.8 Å². The average Bonchev–Trinajstić information content (AvgIpc) is 2.75. The Morgan fingerprint density at radius 3 is 2.69 bits per heavy atom. The van der Waals surface area contributed by atoms with Crippen LogP contribution in [0.4, 0.5) is 15.8 Å². The summed E-state index contributed by atoms with van der Waals surface area (Å²) in [5.41, 5.74) is 1.94. The molecule has 5 nitrogen and oxygen atoms in total. The minimum atomic E-state index is -0.627. The molecule has 7 heteroatoms. The summed E-state index contributed by atoms with van der Waals surface area (Å²) in [4.78, 5) is 16.8. The zero-order valence-electron chi connectivity index (χ0n) is 16.4. The Morgan fingerprint density at radius 1 is 1.17 bits per heavy atom. The molecular formula is C22H24FN3O2S. The maximum absolute atomic E-state index is 13.9. The lowest BCUT2D eigenvalue weighted by Gasteiger charge is -2.38. The van der Waals surface area contributed by atoms with Crippen LogP contribution < -0.4 is 15.0 Å². The number of fused-ring (bicyclic) bond motifs is 1. The fourth-order valence-corrected chi connectivity index (χ4v) is 4.03. The lowest BCUT2D eigenvalue weighted by atomic mass is 10.1. The van der Waals surface area contributed by atoms with Crippen molar-refractivity contribution in [2.24, 2.45) is 0 Å². The van der Waals surface area contributed by atoms with Gasteiger partial charge < -0.3 is 19.9 Å². The van der Waals surface area contributed by atoms with Gasteiger partial charge >= 0.3 is 0 Å². The van der Waals surface area contributed by atoms with Crippen molar-refractivity contribution in [3.8, 4) is 5.75 Å². The molecule has 2 heterocycles. The van der Waals surface area contributed by atoms with E-state index in [1.165, 1.54) is 6.07 Å². The molecule has 2 aromatic rings. The van der Waals surface area contributed by atoms with Crippen LogP contribution in [0.5, 0.6) is 5.75 Å². The molecule has 2 aliphatic rings. The zero-order valence-corrected chi connectivity index (χ0v) is 17.2. The second kappa shape index (κ2) is 8.37. The molecule has 4 rings (SSSR count). The van der Waals surface area contributed by atoms with Crippen LogP contribution in [0, 0.1) is 12.7 Å². The van der Waals surface area contributed by atoms with Crippen LogP contribution in [-0.4, -0.2) is 41.7 Å². The van der Waals surface area contributed by atoms with Crippen molar-refractivity contribution < 1.29 is 13.9 Å². The molecule has 0 aromatic heterocycles. The Bertz CT molecular complexity index is 930. The van der Waals surface area contributed by atoms with Crippen LogP contribution in [-0.2, 0) is 4.79 Å². The summed E-state index contributed by atoms with van der Waals surface area (Å²) in [6, 6.07) is 12.4. The lowest BCUT2D eigenvalue weighted by molar-refractivity contribution is -0.139. The molecule has 0 spiro atoms. The predicted molar refractivity (Wildman–Crippen MR) is 116 cm³/mol. The van der Waals surface area contributed by atoms with Crippen molar-refractivity contribution in [1.82, 2.24) is 4.90 Å². The second-order valence-corrected chi connectivity index (χ2v) is 7.85. The van der Waals surface area contributed by atoms with Crippen molar-refractivity contribution in [3.05, 3.63) is 53.8 Å². The molecule has 29 heavy (non-hydrogen) atoms. The number of aryl methyl sites for hydroxylation is 1. The van der Waals surface area contributed by atoms with Crippen LogP contribution in [0.15, 0.2) is 42.5 Å². The third-order valence-corrected chi connectivity index (χ3v) is 5.71. The van der Waals surface area contributed by atoms with Gasteiger partial charge in [-0.25, -0.2) is 4.39 Å². The number of nitrogens with zero attached hydrogens (tertiary/aromatic N) is 2. The summed E-state index contributed by atoms with van der Waals surface area (Å²) in [6.07, 6.45) is 2.58. The van der Waals surface area contributed by atoms with Crippen LogP contribution in [0.25, 0.3) is 0 Å². The number of carbonyl (C=O) groups excluding carboxylic acids is 1. The topological polar surface area (TPSA) is 44.8 Å². The monoisotopic (exact) mass is 413 g/mol. The Hall–Kier alpha value is -2.67. The molecule has 0 unspecified atom stereocenters. The Morgan fingerprint density at radius 2 is 1.93 bits per heavy atom. The molecule has 0 bridgehead atoms. The molecule has 1 atom stereocenters. The summed E-state index contributed by atoms with van der Waals surface area (Å²) in [7, 11) is 0. The van der Waals surface area contributed by atoms with E-state index in [0.717, 1.165) is 38.0 Å². The number of piperidine rings is 1. The van der Waals surface area contributed by atoms with Gasteiger partial charge in [-0.1, -0.05) is 18.2 Å². The van der Waals surface area contributed by atoms with Gasteiger partial charge in [0, 0.05) is 18.8 Å². The highest BCUT2D eigenvalue weighted by molar-refractivity contribution is 7.80. The quantitative estimate of drug-likeness (QED) is 0.751. The molecular weight excluding hydrogens is 389 g/mol. The number of rotatable bonds is 2. The van der Waals surface area contributed by atoms with Crippen LogP contribution >= 0.6 is 12.2 Å². The number of thiocarbonyl (C=S) groups is 1. The van der Waals surface area contributed by atoms with Crippen molar-refractivity contribution in [2.45, 2.75) is 32.3 Å². The molecule has 152 valence electrons. The van der Waals surface area contributed by atoms with E-state index in [-0.39, 0.29) is 11.7 Å². The van der Waals surface area contributed by atoms with E-state index in [4.69, 9.17) is 17.0 Å². The van der Waals surface area contributed by atoms with Gasteiger partial charge in [0.25, 0.3) is 5.91 Å². The molecule has 1 amide bonds. The Kier molecular flexibility index (Phi) is 5.67. The highest BCUT2D eigenvalue weighted by atomic mass is 32.1. The fourth-order valence-electron chi connectivity index (χ4n) is 3.73. The van der Waals surface area contributed by atoms with E-state index in [2.05, 4.69) is 5.32 Å². The van der Waals surface area contributed by atoms with Crippen LogP contribution in [0.2, 0.25) is 0 Å². The number of halogens is 1. The van der Waals surface area contributed by atoms with E-state index in [1.54, 1.807) is 19.1 Å². The van der Waals surface area contributed by atoms with Crippen molar-refractivity contribution in [1.29, 1.82) is 0 Å². The molecule has 0 aliphatic carbocycles. The molecule has 1 saturated heterocycles. The first-order valence-corrected chi connectivity index (χ1v) is 10.3. The molecule has 1 N–H and O–H groups in total. The van der Waals surface area contributed by atoms with E-state index in [1.807, 2.05) is 34.1 Å². The van der Waals surface area contributed by atoms with Gasteiger partial charge in [-0.15, -0.1) is 0 Å². The molecule has 0 saturated carbocycles. The maximum Gasteiger partial charge on any atom is 0.265 e. The SMILES string of the molecule is Cc1ccc(NC(=S)N2C[C@H](C(=O)N3CCCCC3)Oc3ccccc32)cc1F. The summed E-state index contributed by atoms with van der Waals surface area (Å²) in [5, 5.41) is 3.50. The number of anilines is 2. The number of nitrogens with one attached hydrogen (secondary N) is 1. The minimum absolute atomic E-state index is 0.00613. The van der Waals surface area contributed by atoms with E-state index < -0.39 is 6.10 Å². The molecule has 2 aliphatic heterocycles. The molecule has 0 radical (unpaired) electrons. The predicted octanol–water partition coefficient (Wildman–Crippen LogP) is 4.11. The maximum atomic E-state index is 13.9. The third-order valence-electron chi connectivity index (χ3n) is 5.39. The van der Waals surface area contributed by atoms with Crippen molar-refractivity contribution in [3.63, 3.8) is 0 Å². The van der Waals surface area contributed by atoms with Crippen LogP contribution in [0.3, 0.4) is 0 Å². The third kappa shape index (κ3) is 4.19. The number of likely N-dealkylation sites (tertiary alicyclic amines) is 1. The summed E-state index contributed by atoms with van der Waals surface area (Å²) in [5.74, 6) is 0.319. The smallest absolute Gasteiger partial charge is 0.265 e. The number of hydrogen-bond donors (Lipinski definition) is 1. The average molecular weight is 414 g/mol. The van der Waals surface area contributed by atoms with Gasteiger partial charge in [0.1, 0.15) is 11.6 Å². The van der Waals surface area contributed by atoms with Gasteiger partial charge in [-0.3, -0.25) is 4.79 Å². The summed E-state index contributed by atoms with van der Waals surface area (Å²) in [6.45, 7) is 3.57. The fraction of sp³-hybridized carbons (Fsp3) is 0.364. The number of benzene rings is 2. The normalized spacial score (nSPS) is 18.6. The van der Waals surface area contributed by atoms with Gasteiger partial charge in [-0.05, 0) is 68.2 Å². The van der Waals surface area contributed by atoms with Crippen molar-refractivity contribution in [2.75, 3.05) is 29.9 Å².